The number of nitrogens with zero attached hydrogens (tertiary/aromatic N) is 1. The molecular weight excluding hydrogens is 324 g/mol. The van der Waals surface area contributed by atoms with Gasteiger partial charge in [0.25, 0.3) is 0 Å². The fraction of sp³-hybridized carbons (Fsp3) is 0.278. The predicted octanol–water partition coefficient (Wildman–Crippen LogP) is 1.71. The summed E-state index contributed by atoms with van der Waals surface area (Å²) in [6.45, 7) is 0.845. The molecule has 0 unspecified atom stereocenters. The van der Waals surface area contributed by atoms with Crippen LogP contribution in [-0.2, 0) is 21.4 Å². The van der Waals surface area contributed by atoms with Crippen molar-refractivity contribution in [2.75, 3.05) is 19.3 Å². The van der Waals surface area contributed by atoms with Gasteiger partial charge >= 0.3 is 0 Å². The van der Waals surface area contributed by atoms with Crippen molar-refractivity contribution in [1.82, 2.24) is 9.62 Å². The molecule has 2 aromatic rings. The number of sulfonamides is 1. The molecule has 0 spiro atoms. The van der Waals surface area contributed by atoms with Gasteiger partial charge in [-0.3, -0.25) is 4.79 Å². The first-order chi connectivity index (χ1) is 11.4. The zero-order chi connectivity index (χ0) is 17.2. The quantitative estimate of drug-likeness (QED) is 0.918. The van der Waals surface area contributed by atoms with Crippen LogP contribution in [0.25, 0.3) is 0 Å². The Hall–Kier alpha value is -2.18. The van der Waals surface area contributed by atoms with Crippen molar-refractivity contribution in [2.24, 2.45) is 0 Å². The van der Waals surface area contributed by atoms with E-state index < -0.39 is 10.0 Å². The molecule has 1 atom stereocenters. The highest BCUT2D eigenvalue weighted by Gasteiger charge is 2.28. The molecule has 6 heteroatoms. The highest BCUT2D eigenvalue weighted by molar-refractivity contribution is 7.88. The van der Waals surface area contributed by atoms with Crippen LogP contribution in [0.15, 0.2) is 54.6 Å². The Morgan fingerprint density at radius 3 is 2.50 bits per heavy atom. The van der Waals surface area contributed by atoms with E-state index in [1.54, 1.807) is 4.90 Å². The molecule has 1 aliphatic heterocycles. The van der Waals surface area contributed by atoms with Gasteiger partial charge < -0.3 is 4.90 Å². The van der Waals surface area contributed by atoms with E-state index in [-0.39, 0.29) is 18.4 Å². The molecule has 1 amide bonds. The number of rotatable bonds is 4. The minimum absolute atomic E-state index is 0.0957. The maximum absolute atomic E-state index is 12.4. The predicted molar refractivity (Wildman–Crippen MR) is 93.0 cm³/mol. The van der Waals surface area contributed by atoms with Gasteiger partial charge in [0.05, 0.1) is 12.8 Å². The first kappa shape index (κ1) is 16.7. The Kier molecular flexibility index (Phi) is 4.69. The molecule has 3 rings (SSSR count). The van der Waals surface area contributed by atoms with E-state index in [4.69, 9.17) is 0 Å². The smallest absolute Gasteiger partial charge is 0.237 e. The van der Waals surface area contributed by atoms with Gasteiger partial charge in [0.1, 0.15) is 0 Å². The number of amides is 1. The van der Waals surface area contributed by atoms with Gasteiger partial charge in [-0.15, -0.1) is 0 Å². The van der Waals surface area contributed by atoms with E-state index in [2.05, 4.69) is 22.9 Å². The average Bonchev–Trinajstić information content (AvgIpc) is 2.59. The Bertz CT molecular complexity index is 834. The van der Waals surface area contributed by atoms with E-state index in [1.807, 2.05) is 36.4 Å². The molecule has 0 bridgehead atoms. The van der Waals surface area contributed by atoms with Crippen molar-refractivity contribution in [2.45, 2.75) is 12.5 Å². The van der Waals surface area contributed by atoms with Gasteiger partial charge in [0, 0.05) is 19.0 Å². The van der Waals surface area contributed by atoms with Gasteiger partial charge in [-0.05, 0) is 16.7 Å². The van der Waals surface area contributed by atoms with Gasteiger partial charge in [-0.1, -0.05) is 54.6 Å². The van der Waals surface area contributed by atoms with Gasteiger partial charge in [0.2, 0.25) is 15.9 Å². The van der Waals surface area contributed by atoms with E-state index in [0.717, 1.165) is 17.4 Å². The second-order valence-corrected chi connectivity index (χ2v) is 7.86. The van der Waals surface area contributed by atoms with Crippen molar-refractivity contribution in [1.29, 1.82) is 0 Å². The van der Waals surface area contributed by atoms with Crippen LogP contribution in [0.1, 0.15) is 22.6 Å². The second-order valence-electron chi connectivity index (χ2n) is 6.03. The Morgan fingerprint density at radius 1 is 1.12 bits per heavy atom. The van der Waals surface area contributed by atoms with Crippen LogP contribution < -0.4 is 4.72 Å². The van der Waals surface area contributed by atoms with Crippen LogP contribution in [-0.4, -0.2) is 38.6 Å². The molecule has 0 saturated heterocycles. The monoisotopic (exact) mass is 344 g/mol. The van der Waals surface area contributed by atoms with Crippen LogP contribution in [0.3, 0.4) is 0 Å². The SMILES string of the molecule is CS(=O)(=O)NCC(=O)N1Cc2ccccc2[C@@H](c2ccccc2)C1. The third-order valence-corrected chi connectivity index (χ3v) is 4.90. The summed E-state index contributed by atoms with van der Waals surface area (Å²) in [7, 11) is -3.38. The lowest BCUT2D eigenvalue weighted by atomic mass is 9.84. The van der Waals surface area contributed by atoms with Crippen molar-refractivity contribution >= 4 is 15.9 Å². The molecular formula is C18H20N2O3S. The maximum atomic E-state index is 12.4. The van der Waals surface area contributed by atoms with Crippen molar-refractivity contribution in [3.05, 3.63) is 71.3 Å². The molecule has 2 aromatic carbocycles. The number of hydrogen-bond donors (Lipinski definition) is 1. The number of benzene rings is 2. The lowest BCUT2D eigenvalue weighted by molar-refractivity contribution is -0.131. The van der Waals surface area contributed by atoms with E-state index in [1.165, 1.54) is 5.56 Å². The average molecular weight is 344 g/mol. The maximum Gasteiger partial charge on any atom is 0.237 e. The molecule has 0 fully saturated rings. The van der Waals surface area contributed by atoms with Crippen molar-refractivity contribution in [3.8, 4) is 0 Å². The Labute approximate surface area is 142 Å². The van der Waals surface area contributed by atoms with Crippen molar-refractivity contribution < 1.29 is 13.2 Å². The minimum Gasteiger partial charge on any atom is -0.336 e. The third-order valence-electron chi connectivity index (χ3n) is 4.23. The molecule has 24 heavy (non-hydrogen) atoms. The first-order valence-electron chi connectivity index (χ1n) is 7.79. The van der Waals surface area contributed by atoms with Crippen LogP contribution in [0, 0.1) is 0 Å². The molecule has 0 radical (unpaired) electrons. The van der Waals surface area contributed by atoms with Gasteiger partial charge in [0.15, 0.2) is 0 Å². The number of carbonyl (C=O) groups is 1. The summed E-state index contributed by atoms with van der Waals surface area (Å²) in [5.74, 6) is -0.116. The molecule has 0 saturated carbocycles. The molecule has 126 valence electrons. The zero-order valence-electron chi connectivity index (χ0n) is 13.5. The summed E-state index contributed by atoms with van der Waals surface area (Å²) in [5, 5.41) is 0. The lowest BCUT2D eigenvalue weighted by Gasteiger charge is -2.35. The summed E-state index contributed by atoms with van der Waals surface area (Å²) < 4.78 is 24.7. The van der Waals surface area contributed by atoms with Crippen molar-refractivity contribution in [3.63, 3.8) is 0 Å². The van der Waals surface area contributed by atoms with E-state index >= 15 is 0 Å². The molecule has 1 aliphatic rings. The van der Waals surface area contributed by atoms with Crippen LogP contribution in [0.5, 0.6) is 0 Å². The standard InChI is InChI=1S/C18H20N2O3S/c1-24(22,23)19-11-18(21)20-12-15-9-5-6-10-16(15)17(13-20)14-7-3-2-4-8-14/h2-10,17,19H,11-13H2,1H3/t17-/m1/s1. The largest absolute Gasteiger partial charge is 0.336 e. The number of nitrogens with one attached hydrogen (secondary N) is 1. The zero-order valence-corrected chi connectivity index (χ0v) is 14.3. The number of hydrogen-bond acceptors (Lipinski definition) is 3. The second kappa shape index (κ2) is 6.75. The summed E-state index contributed by atoms with van der Waals surface area (Å²) >= 11 is 0. The normalized spacial score (nSPS) is 17.4. The van der Waals surface area contributed by atoms with Gasteiger partial charge in [-0.25, -0.2) is 13.1 Å². The topological polar surface area (TPSA) is 66.5 Å². The summed E-state index contributed by atoms with van der Waals surface area (Å²) in [6, 6.07) is 18.2. The summed E-state index contributed by atoms with van der Waals surface area (Å²) in [6.07, 6.45) is 1.05. The van der Waals surface area contributed by atoms with E-state index in [0.29, 0.717) is 13.1 Å². The molecule has 1 heterocycles. The highest BCUT2D eigenvalue weighted by atomic mass is 32.2. The molecule has 0 aliphatic carbocycles. The van der Waals surface area contributed by atoms with Gasteiger partial charge in [-0.2, -0.15) is 0 Å². The molecule has 0 aromatic heterocycles. The summed E-state index contributed by atoms with van der Waals surface area (Å²) in [5.41, 5.74) is 3.48. The fourth-order valence-electron chi connectivity index (χ4n) is 3.07. The van der Waals surface area contributed by atoms with Crippen LogP contribution in [0.4, 0.5) is 0 Å². The Morgan fingerprint density at radius 2 is 1.79 bits per heavy atom. The first-order valence-corrected chi connectivity index (χ1v) is 9.68. The minimum atomic E-state index is -3.38. The molecule has 5 nitrogen and oxygen atoms in total. The lowest BCUT2D eigenvalue weighted by Crippen LogP contribution is -2.43. The van der Waals surface area contributed by atoms with Crippen LogP contribution in [0.2, 0.25) is 0 Å². The third kappa shape index (κ3) is 3.83. The van der Waals surface area contributed by atoms with Crippen LogP contribution >= 0.6 is 0 Å². The highest BCUT2D eigenvalue weighted by Crippen LogP contribution is 2.33. The van der Waals surface area contributed by atoms with E-state index in [9.17, 15) is 13.2 Å². The number of carbonyl (C=O) groups excluding carboxylic acids is 1. The Balaban J connectivity index is 1.87. The summed E-state index contributed by atoms with van der Waals surface area (Å²) in [4.78, 5) is 14.2. The molecule has 1 N–H and O–H groups in total. The number of fused-ring (bicyclic) bond motifs is 1. The fourth-order valence-corrected chi connectivity index (χ4v) is 3.46.